The molecule has 0 bridgehead atoms. The molecule has 0 aliphatic rings. The van der Waals surface area contributed by atoms with E-state index in [-0.39, 0.29) is 0 Å². The normalized spacial score (nSPS) is 10.9. The van der Waals surface area contributed by atoms with Crippen LogP contribution in [0.5, 0.6) is 0 Å². The van der Waals surface area contributed by atoms with Gasteiger partial charge in [0.05, 0.1) is 11.2 Å². The molecule has 5 heteroatoms. The van der Waals surface area contributed by atoms with Crippen molar-refractivity contribution in [1.29, 1.82) is 0 Å². The Balaban J connectivity index is 2.26. The van der Waals surface area contributed by atoms with Crippen LogP contribution in [-0.2, 0) is 0 Å². The molecular formula is C10H7N3O2. The molecule has 2 heterocycles. The highest BCUT2D eigenvalue weighted by Gasteiger charge is 2.03. The van der Waals surface area contributed by atoms with Crippen molar-refractivity contribution in [1.82, 2.24) is 15.2 Å². The van der Waals surface area contributed by atoms with E-state index < -0.39 is 5.76 Å². The topological polar surface area (TPSA) is 74.7 Å². The van der Waals surface area contributed by atoms with E-state index in [9.17, 15) is 4.79 Å². The van der Waals surface area contributed by atoms with Crippen LogP contribution in [0.25, 0.3) is 22.4 Å². The second-order valence-electron chi connectivity index (χ2n) is 3.20. The molecule has 0 amide bonds. The Hall–Kier alpha value is -2.30. The fraction of sp³-hybridized carbons (Fsp3) is 0. The highest BCUT2D eigenvalue weighted by Crippen LogP contribution is 2.20. The van der Waals surface area contributed by atoms with Gasteiger partial charge in [-0.1, -0.05) is 0 Å². The van der Waals surface area contributed by atoms with E-state index in [0.29, 0.717) is 11.1 Å². The standard InChI is InChI=1S/C10H7N3O2/c14-10-12-8-5-6(1-2-9(8)15-10)7-3-4-11-13-7/h1-5H,(H,11,13)(H,12,14). The Morgan fingerprint density at radius 1 is 1.27 bits per heavy atom. The SMILES string of the molecule is O=c1[nH]c2cc(-c3ccn[nH]3)ccc2o1. The maximum Gasteiger partial charge on any atom is 0.417 e. The van der Waals surface area contributed by atoms with Gasteiger partial charge < -0.3 is 4.42 Å². The summed E-state index contributed by atoms with van der Waals surface area (Å²) >= 11 is 0. The van der Waals surface area contributed by atoms with Gasteiger partial charge in [-0.05, 0) is 24.3 Å². The van der Waals surface area contributed by atoms with Crippen molar-refractivity contribution >= 4 is 11.1 Å². The molecule has 0 fully saturated rings. The Morgan fingerprint density at radius 2 is 2.20 bits per heavy atom. The summed E-state index contributed by atoms with van der Waals surface area (Å²) in [5.74, 6) is -0.438. The predicted molar refractivity (Wildman–Crippen MR) is 54.4 cm³/mol. The largest absolute Gasteiger partial charge is 0.417 e. The Labute approximate surface area is 83.7 Å². The highest BCUT2D eigenvalue weighted by molar-refractivity contribution is 5.78. The zero-order chi connectivity index (χ0) is 10.3. The second kappa shape index (κ2) is 2.84. The average molecular weight is 201 g/mol. The number of nitrogens with zero attached hydrogens (tertiary/aromatic N) is 1. The van der Waals surface area contributed by atoms with E-state index in [1.807, 2.05) is 18.2 Å². The van der Waals surface area contributed by atoms with Crippen molar-refractivity contribution in [3.05, 3.63) is 41.0 Å². The summed E-state index contributed by atoms with van der Waals surface area (Å²) < 4.78 is 4.90. The number of hydrogen-bond acceptors (Lipinski definition) is 3. The first-order chi connectivity index (χ1) is 7.33. The van der Waals surface area contributed by atoms with Gasteiger partial charge in [0.1, 0.15) is 0 Å². The van der Waals surface area contributed by atoms with Gasteiger partial charge in [0, 0.05) is 11.8 Å². The van der Waals surface area contributed by atoms with Crippen molar-refractivity contribution in [2.75, 3.05) is 0 Å². The van der Waals surface area contributed by atoms with Crippen LogP contribution in [0.4, 0.5) is 0 Å². The molecule has 5 nitrogen and oxygen atoms in total. The molecule has 0 atom stereocenters. The van der Waals surface area contributed by atoms with Crippen LogP contribution in [0.3, 0.4) is 0 Å². The van der Waals surface area contributed by atoms with E-state index in [1.54, 1.807) is 12.3 Å². The lowest BCUT2D eigenvalue weighted by Gasteiger charge is -1.95. The number of fused-ring (bicyclic) bond motifs is 1. The van der Waals surface area contributed by atoms with E-state index in [4.69, 9.17) is 4.42 Å². The van der Waals surface area contributed by atoms with Gasteiger partial charge in [0.2, 0.25) is 0 Å². The third kappa shape index (κ3) is 1.25. The van der Waals surface area contributed by atoms with Crippen molar-refractivity contribution in [2.45, 2.75) is 0 Å². The summed E-state index contributed by atoms with van der Waals surface area (Å²) in [5, 5.41) is 6.72. The number of oxazole rings is 1. The first-order valence-corrected chi connectivity index (χ1v) is 4.45. The first-order valence-electron chi connectivity index (χ1n) is 4.45. The molecule has 0 saturated carbocycles. The summed E-state index contributed by atoms with van der Waals surface area (Å²) in [7, 11) is 0. The molecule has 0 saturated heterocycles. The minimum atomic E-state index is -0.438. The van der Waals surface area contributed by atoms with E-state index in [0.717, 1.165) is 11.3 Å². The van der Waals surface area contributed by atoms with Gasteiger partial charge in [-0.2, -0.15) is 5.10 Å². The zero-order valence-corrected chi connectivity index (χ0v) is 7.65. The fourth-order valence-corrected chi connectivity index (χ4v) is 1.54. The first kappa shape index (κ1) is 8.05. The van der Waals surface area contributed by atoms with Crippen LogP contribution in [0.1, 0.15) is 0 Å². The van der Waals surface area contributed by atoms with Crippen molar-refractivity contribution in [2.24, 2.45) is 0 Å². The maximum atomic E-state index is 10.9. The van der Waals surface area contributed by atoms with E-state index in [2.05, 4.69) is 15.2 Å². The Kier molecular flexibility index (Phi) is 1.53. The van der Waals surface area contributed by atoms with E-state index in [1.165, 1.54) is 0 Å². The summed E-state index contributed by atoms with van der Waals surface area (Å²) in [6, 6.07) is 7.32. The third-order valence-electron chi connectivity index (χ3n) is 2.23. The van der Waals surface area contributed by atoms with Crippen LogP contribution in [0.2, 0.25) is 0 Å². The smallest absolute Gasteiger partial charge is 0.408 e. The molecule has 2 N–H and O–H groups in total. The van der Waals surface area contributed by atoms with Gasteiger partial charge in [0.25, 0.3) is 0 Å². The Bertz CT molecular complexity index is 649. The van der Waals surface area contributed by atoms with Crippen molar-refractivity contribution < 1.29 is 4.42 Å². The monoisotopic (exact) mass is 201 g/mol. The van der Waals surface area contributed by atoms with Gasteiger partial charge in [-0.25, -0.2) is 4.79 Å². The fourth-order valence-electron chi connectivity index (χ4n) is 1.54. The maximum absolute atomic E-state index is 10.9. The lowest BCUT2D eigenvalue weighted by Crippen LogP contribution is -1.92. The van der Waals surface area contributed by atoms with Crippen LogP contribution in [0.15, 0.2) is 39.7 Å². The molecular weight excluding hydrogens is 194 g/mol. The summed E-state index contributed by atoms with van der Waals surface area (Å²) in [5.41, 5.74) is 3.10. The van der Waals surface area contributed by atoms with Crippen molar-refractivity contribution in [3.8, 4) is 11.3 Å². The minimum absolute atomic E-state index is 0.438. The number of H-pyrrole nitrogens is 2. The highest BCUT2D eigenvalue weighted by atomic mass is 16.4. The molecule has 0 radical (unpaired) electrons. The zero-order valence-electron chi connectivity index (χ0n) is 7.65. The lowest BCUT2D eigenvalue weighted by molar-refractivity contribution is 0.555. The van der Waals surface area contributed by atoms with Crippen LogP contribution >= 0.6 is 0 Å². The number of nitrogens with one attached hydrogen (secondary N) is 2. The van der Waals surface area contributed by atoms with Gasteiger partial charge in [-0.3, -0.25) is 10.1 Å². The van der Waals surface area contributed by atoms with Gasteiger partial charge in [0.15, 0.2) is 5.58 Å². The van der Waals surface area contributed by atoms with Crippen LogP contribution < -0.4 is 5.76 Å². The number of aromatic nitrogens is 3. The Morgan fingerprint density at radius 3 is 3.00 bits per heavy atom. The third-order valence-corrected chi connectivity index (χ3v) is 2.23. The van der Waals surface area contributed by atoms with E-state index >= 15 is 0 Å². The number of aromatic amines is 2. The average Bonchev–Trinajstić information content (AvgIpc) is 2.82. The van der Waals surface area contributed by atoms with Gasteiger partial charge >= 0.3 is 5.76 Å². The second-order valence-corrected chi connectivity index (χ2v) is 3.20. The molecule has 2 aromatic heterocycles. The predicted octanol–water partition coefficient (Wildman–Crippen LogP) is 1.51. The van der Waals surface area contributed by atoms with Gasteiger partial charge in [-0.15, -0.1) is 0 Å². The number of benzene rings is 1. The lowest BCUT2D eigenvalue weighted by atomic mass is 10.1. The summed E-state index contributed by atoms with van der Waals surface area (Å²) in [6.07, 6.45) is 1.68. The molecule has 3 aromatic rings. The quantitative estimate of drug-likeness (QED) is 0.626. The summed E-state index contributed by atoms with van der Waals surface area (Å²) in [6.45, 7) is 0. The number of rotatable bonds is 1. The molecule has 0 unspecified atom stereocenters. The summed E-state index contributed by atoms with van der Waals surface area (Å²) in [4.78, 5) is 13.5. The molecule has 74 valence electrons. The van der Waals surface area contributed by atoms with Crippen molar-refractivity contribution in [3.63, 3.8) is 0 Å². The molecule has 3 rings (SSSR count). The molecule has 15 heavy (non-hydrogen) atoms. The van der Waals surface area contributed by atoms with Crippen LogP contribution in [0, 0.1) is 0 Å². The molecule has 0 aliphatic carbocycles. The number of hydrogen-bond donors (Lipinski definition) is 2. The minimum Gasteiger partial charge on any atom is -0.408 e. The molecule has 1 aromatic carbocycles. The molecule has 0 aliphatic heterocycles. The molecule has 0 spiro atoms. The van der Waals surface area contributed by atoms with Crippen LogP contribution in [-0.4, -0.2) is 15.2 Å².